The van der Waals surface area contributed by atoms with Gasteiger partial charge in [-0.3, -0.25) is 4.79 Å². The zero-order valence-corrected chi connectivity index (χ0v) is 15.0. The second-order valence-electron chi connectivity index (χ2n) is 4.66. The van der Waals surface area contributed by atoms with Crippen LogP contribution in [0.2, 0.25) is 0 Å². The maximum absolute atomic E-state index is 12.0. The van der Waals surface area contributed by atoms with E-state index in [2.05, 4.69) is 47.1 Å². The number of fused-ring (bicyclic) bond motifs is 1. The number of para-hydroxylation sites is 1. The van der Waals surface area contributed by atoms with Gasteiger partial charge in [0.15, 0.2) is 6.61 Å². The number of ether oxygens (including phenoxy) is 1. The first kappa shape index (κ1) is 15.9. The lowest BCUT2D eigenvalue weighted by Crippen LogP contribution is -2.20. The summed E-state index contributed by atoms with van der Waals surface area (Å²) in [6, 6.07) is 13.0. The van der Waals surface area contributed by atoms with Crippen LogP contribution in [0.25, 0.3) is 10.9 Å². The summed E-state index contributed by atoms with van der Waals surface area (Å²) in [6.45, 7) is -0.139. The summed E-state index contributed by atoms with van der Waals surface area (Å²) in [4.78, 5) is 20.3. The molecule has 0 radical (unpaired) electrons. The molecule has 3 rings (SSSR count). The SMILES string of the molecule is O=C(COc1ncnc2ccc(Br)cc12)Nc1ccccc1Br. The highest BCUT2D eigenvalue weighted by Crippen LogP contribution is 2.25. The molecule has 1 N–H and O–H groups in total. The van der Waals surface area contributed by atoms with Crippen LogP contribution in [-0.2, 0) is 4.79 Å². The van der Waals surface area contributed by atoms with Crippen LogP contribution in [0, 0.1) is 0 Å². The van der Waals surface area contributed by atoms with Gasteiger partial charge in [0.2, 0.25) is 5.88 Å². The molecule has 0 fully saturated rings. The molecule has 5 nitrogen and oxygen atoms in total. The molecular formula is C16H11Br2N3O2. The molecule has 23 heavy (non-hydrogen) atoms. The molecule has 3 aromatic rings. The van der Waals surface area contributed by atoms with Crippen LogP contribution in [0.3, 0.4) is 0 Å². The molecule has 0 aliphatic heterocycles. The van der Waals surface area contributed by atoms with E-state index in [4.69, 9.17) is 4.74 Å². The smallest absolute Gasteiger partial charge is 0.262 e. The topological polar surface area (TPSA) is 64.1 Å². The van der Waals surface area contributed by atoms with E-state index >= 15 is 0 Å². The highest BCUT2D eigenvalue weighted by Gasteiger charge is 2.09. The zero-order chi connectivity index (χ0) is 16.2. The molecule has 1 amide bonds. The van der Waals surface area contributed by atoms with E-state index in [0.717, 1.165) is 19.8 Å². The van der Waals surface area contributed by atoms with Crippen molar-refractivity contribution in [1.82, 2.24) is 9.97 Å². The molecule has 116 valence electrons. The van der Waals surface area contributed by atoms with E-state index in [1.54, 1.807) is 6.07 Å². The lowest BCUT2D eigenvalue weighted by molar-refractivity contribution is -0.118. The Morgan fingerprint density at radius 3 is 2.78 bits per heavy atom. The molecule has 0 aliphatic rings. The third-order valence-electron chi connectivity index (χ3n) is 3.05. The van der Waals surface area contributed by atoms with Crippen LogP contribution in [0.4, 0.5) is 5.69 Å². The average molecular weight is 437 g/mol. The van der Waals surface area contributed by atoms with Gasteiger partial charge in [-0.25, -0.2) is 9.97 Å². The maximum Gasteiger partial charge on any atom is 0.262 e. The molecule has 1 heterocycles. The van der Waals surface area contributed by atoms with Gasteiger partial charge in [-0.05, 0) is 46.3 Å². The van der Waals surface area contributed by atoms with Gasteiger partial charge in [-0.2, -0.15) is 0 Å². The fourth-order valence-corrected chi connectivity index (χ4v) is 2.75. The zero-order valence-electron chi connectivity index (χ0n) is 11.8. The standard InChI is InChI=1S/C16H11Br2N3O2/c17-10-5-6-13-11(7-10)16(20-9-19-13)23-8-15(22)21-14-4-2-1-3-12(14)18/h1-7,9H,8H2,(H,21,22). The van der Waals surface area contributed by atoms with Gasteiger partial charge in [0.1, 0.15) is 6.33 Å². The third kappa shape index (κ3) is 3.86. The Hall–Kier alpha value is -1.99. The largest absolute Gasteiger partial charge is 0.467 e. The quantitative estimate of drug-likeness (QED) is 0.666. The van der Waals surface area contributed by atoms with Gasteiger partial charge in [0.05, 0.1) is 16.6 Å². The van der Waals surface area contributed by atoms with Crippen LogP contribution < -0.4 is 10.1 Å². The second-order valence-corrected chi connectivity index (χ2v) is 6.43. The van der Waals surface area contributed by atoms with Gasteiger partial charge in [0, 0.05) is 8.95 Å². The number of halogens is 2. The number of carbonyl (C=O) groups is 1. The van der Waals surface area contributed by atoms with E-state index in [1.165, 1.54) is 6.33 Å². The summed E-state index contributed by atoms with van der Waals surface area (Å²) in [5.41, 5.74) is 1.45. The first-order valence-corrected chi connectivity index (χ1v) is 8.29. The minimum absolute atomic E-state index is 0.139. The molecule has 1 aromatic heterocycles. The fraction of sp³-hybridized carbons (Fsp3) is 0.0625. The van der Waals surface area contributed by atoms with Crippen LogP contribution in [0.15, 0.2) is 57.7 Å². The number of carbonyl (C=O) groups excluding carboxylic acids is 1. The molecule has 7 heteroatoms. The number of hydrogen-bond acceptors (Lipinski definition) is 4. The van der Waals surface area contributed by atoms with Crippen molar-refractivity contribution in [3.63, 3.8) is 0 Å². The molecule has 0 spiro atoms. The van der Waals surface area contributed by atoms with Gasteiger partial charge in [0.25, 0.3) is 5.91 Å². The number of amides is 1. The molecule has 0 aliphatic carbocycles. The van der Waals surface area contributed by atoms with Crippen LogP contribution in [0.1, 0.15) is 0 Å². The van der Waals surface area contributed by atoms with E-state index < -0.39 is 0 Å². The minimum atomic E-state index is -0.265. The molecule has 0 atom stereocenters. The number of hydrogen-bond donors (Lipinski definition) is 1. The summed E-state index contributed by atoms with van der Waals surface area (Å²) in [7, 11) is 0. The Morgan fingerprint density at radius 1 is 1.13 bits per heavy atom. The van der Waals surface area contributed by atoms with Crippen molar-refractivity contribution in [2.45, 2.75) is 0 Å². The average Bonchev–Trinajstić information content (AvgIpc) is 2.55. The lowest BCUT2D eigenvalue weighted by Gasteiger charge is -2.09. The van der Waals surface area contributed by atoms with Crippen LogP contribution in [0.5, 0.6) is 5.88 Å². The molecule has 0 unspecified atom stereocenters. The van der Waals surface area contributed by atoms with E-state index in [1.807, 2.05) is 36.4 Å². The predicted octanol–water partition coefficient (Wildman–Crippen LogP) is 4.17. The Kier molecular flexibility index (Phi) is 4.88. The van der Waals surface area contributed by atoms with E-state index in [0.29, 0.717) is 11.6 Å². The molecular weight excluding hydrogens is 426 g/mol. The Morgan fingerprint density at radius 2 is 1.96 bits per heavy atom. The van der Waals surface area contributed by atoms with Gasteiger partial charge in [-0.15, -0.1) is 0 Å². The van der Waals surface area contributed by atoms with Gasteiger partial charge < -0.3 is 10.1 Å². The second kappa shape index (κ2) is 7.06. The Labute approximate surface area is 149 Å². The minimum Gasteiger partial charge on any atom is -0.467 e. The summed E-state index contributed by atoms with van der Waals surface area (Å²) >= 11 is 6.78. The third-order valence-corrected chi connectivity index (χ3v) is 4.23. The summed E-state index contributed by atoms with van der Waals surface area (Å²) < 4.78 is 7.25. The maximum atomic E-state index is 12.0. The van der Waals surface area contributed by atoms with Crippen molar-refractivity contribution in [1.29, 1.82) is 0 Å². The van der Waals surface area contributed by atoms with Crippen molar-refractivity contribution in [2.24, 2.45) is 0 Å². The highest BCUT2D eigenvalue weighted by atomic mass is 79.9. The Balaban J connectivity index is 1.72. The lowest BCUT2D eigenvalue weighted by atomic mass is 10.2. The number of nitrogens with zero attached hydrogens (tertiary/aromatic N) is 2. The van der Waals surface area contributed by atoms with Crippen LogP contribution in [-0.4, -0.2) is 22.5 Å². The first-order chi connectivity index (χ1) is 11.1. The van der Waals surface area contributed by atoms with Crippen molar-refractivity contribution >= 4 is 54.4 Å². The van der Waals surface area contributed by atoms with Crippen molar-refractivity contribution in [2.75, 3.05) is 11.9 Å². The van der Waals surface area contributed by atoms with Crippen LogP contribution >= 0.6 is 31.9 Å². The number of aromatic nitrogens is 2. The fourth-order valence-electron chi connectivity index (χ4n) is 2.00. The van der Waals surface area contributed by atoms with E-state index in [-0.39, 0.29) is 12.5 Å². The van der Waals surface area contributed by atoms with Crippen molar-refractivity contribution < 1.29 is 9.53 Å². The van der Waals surface area contributed by atoms with E-state index in [9.17, 15) is 4.79 Å². The summed E-state index contributed by atoms with van der Waals surface area (Å²) in [6.07, 6.45) is 1.41. The number of anilines is 1. The predicted molar refractivity (Wildman–Crippen MR) is 95.5 cm³/mol. The molecule has 0 bridgehead atoms. The number of rotatable bonds is 4. The monoisotopic (exact) mass is 435 g/mol. The first-order valence-electron chi connectivity index (χ1n) is 6.71. The summed E-state index contributed by atoms with van der Waals surface area (Å²) in [5, 5.41) is 3.52. The summed E-state index contributed by atoms with van der Waals surface area (Å²) in [5.74, 6) is 0.109. The molecule has 0 saturated carbocycles. The van der Waals surface area contributed by atoms with Gasteiger partial charge >= 0.3 is 0 Å². The van der Waals surface area contributed by atoms with Crippen molar-refractivity contribution in [3.05, 3.63) is 57.7 Å². The molecule has 2 aromatic carbocycles. The normalized spacial score (nSPS) is 10.5. The number of benzene rings is 2. The molecule has 0 saturated heterocycles. The number of nitrogens with one attached hydrogen (secondary N) is 1. The highest BCUT2D eigenvalue weighted by molar-refractivity contribution is 9.10. The Bertz CT molecular complexity index is 871. The van der Waals surface area contributed by atoms with Gasteiger partial charge in [-0.1, -0.05) is 28.1 Å². The van der Waals surface area contributed by atoms with Crippen molar-refractivity contribution in [3.8, 4) is 5.88 Å².